The number of nitrogens with one attached hydrogen (secondary N) is 2. The molecule has 0 spiro atoms. The van der Waals surface area contributed by atoms with Gasteiger partial charge in [0.05, 0.1) is 31.8 Å². The van der Waals surface area contributed by atoms with Crippen molar-refractivity contribution in [1.29, 1.82) is 0 Å². The maximum absolute atomic E-state index is 11.8. The van der Waals surface area contributed by atoms with Crippen LogP contribution in [0.4, 0.5) is 0 Å². The molecule has 4 rings (SSSR count). The van der Waals surface area contributed by atoms with Crippen LogP contribution in [0.1, 0.15) is 40.8 Å². The zero-order valence-corrected chi connectivity index (χ0v) is 21.1. The second kappa shape index (κ2) is 13.2. The topological polar surface area (TPSA) is 111 Å². The molecular formula is C29H34N4O4. The minimum atomic E-state index is -0.555. The van der Waals surface area contributed by atoms with Crippen molar-refractivity contribution in [2.45, 2.75) is 31.8 Å². The summed E-state index contributed by atoms with van der Waals surface area (Å²) in [6, 6.07) is 16.3. The van der Waals surface area contributed by atoms with Crippen LogP contribution in [0.5, 0.6) is 5.75 Å². The lowest BCUT2D eigenvalue weighted by molar-refractivity contribution is 0.0342. The average molecular weight is 503 g/mol. The number of aliphatic hydroxyl groups excluding tert-OH is 1. The lowest BCUT2D eigenvalue weighted by Gasteiger charge is -2.26. The predicted octanol–water partition coefficient (Wildman–Crippen LogP) is 2.00. The molecule has 0 aliphatic carbocycles. The van der Waals surface area contributed by atoms with Gasteiger partial charge in [-0.1, -0.05) is 36.1 Å². The fraction of sp³-hybridized carbons (Fsp3) is 0.379. The number of aromatic hydroxyl groups is 1. The van der Waals surface area contributed by atoms with E-state index in [0.29, 0.717) is 18.7 Å². The van der Waals surface area contributed by atoms with Gasteiger partial charge in [-0.2, -0.15) is 0 Å². The molecule has 2 aromatic carbocycles. The number of benzene rings is 2. The van der Waals surface area contributed by atoms with E-state index >= 15 is 0 Å². The smallest absolute Gasteiger partial charge is 0.293 e. The second-order valence-corrected chi connectivity index (χ2v) is 9.38. The van der Waals surface area contributed by atoms with E-state index in [9.17, 15) is 15.0 Å². The SMILES string of the molecule is C[C@@H](CO)NCC(Cc1nc[nH]c(=O)c1O)c1ccc(C#Cc2ccc(CN3CCOCC3)cc2)cc1. The molecule has 0 amide bonds. The molecule has 0 saturated carbocycles. The molecule has 1 fully saturated rings. The third-order valence-corrected chi connectivity index (χ3v) is 6.53. The van der Waals surface area contributed by atoms with Crippen molar-refractivity contribution in [3.63, 3.8) is 0 Å². The van der Waals surface area contributed by atoms with Crippen molar-refractivity contribution in [3.8, 4) is 17.6 Å². The van der Waals surface area contributed by atoms with Crippen molar-refractivity contribution in [3.05, 3.63) is 93.2 Å². The van der Waals surface area contributed by atoms with Gasteiger partial charge >= 0.3 is 0 Å². The van der Waals surface area contributed by atoms with E-state index in [1.165, 1.54) is 11.9 Å². The van der Waals surface area contributed by atoms with Crippen molar-refractivity contribution in [2.24, 2.45) is 0 Å². The zero-order valence-electron chi connectivity index (χ0n) is 21.1. The minimum absolute atomic E-state index is 0.0178. The van der Waals surface area contributed by atoms with Crippen LogP contribution in [-0.2, 0) is 17.7 Å². The van der Waals surface area contributed by atoms with Gasteiger partial charge in [0.2, 0.25) is 5.75 Å². The van der Waals surface area contributed by atoms with E-state index in [2.05, 4.69) is 56.3 Å². The highest BCUT2D eigenvalue weighted by molar-refractivity contribution is 5.44. The summed E-state index contributed by atoms with van der Waals surface area (Å²) in [6.45, 7) is 6.93. The first kappa shape index (κ1) is 26.6. The first-order chi connectivity index (χ1) is 18.0. The van der Waals surface area contributed by atoms with Gasteiger partial charge in [-0.3, -0.25) is 9.69 Å². The maximum atomic E-state index is 11.8. The Kier molecular flexibility index (Phi) is 9.46. The molecule has 8 heteroatoms. The number of ether oxygens (including phenoxy) is 1. The van der Waals surface area contributed by atoms with Gasteiger partial charge in [0.15, 0.2) is 0 Å². The Morgan fingerprint density at radius 1 is 1.08 bits per heavy atom. The third kappa shape index (κ3) is 7.75. The Morgan fingerprint density at radius 2 is 1.73 bits per heavy atom. The van der Waals surface area contributed by atoms with Gasteiger partial charge in [-0.05, 0) is 42.3 Å². The summed E-state index contributed by atoms with van der Waals surface area (Å²) in [4.78, 5) is 20.7. The van der Waals surface area contributed by atoms with Gasteiger partial charge in [0.25, 0.3) is 5.56 Å². The van der Waals surface area contributed by atoms with Gasteiger partial charge in [-0.25, -0.2) is 4.98 Å². The molecule has 0 bridgehead atoms. The number of rotatable bonds is 9. The van der Waals surface area contributed by atoms with Gasteiger partial charge in [-0.15, -0.1) is 0 Å². The molecule has 1 unspecified atom stereocenters. The second-order valence-electron chi connectivity index (χ2n) is 9.38. The van der Waals surface area contributed by atoms with Crippen LogP contribution in [-0.4, -0.2) is 70.6 Å². The fourth-order valence-electron chi connectivity index (χ4n) is 4.22. The van der Waals surface area contributed by atoms with Crippen LogP contribution in [0.15, 0.2) is 59.7 Å². The molecule has 0 radical (unpaired) electrons. The normalized spacial score (nSPS) is 15.5. The Bertz CT molecular complexity index is 1260. The molecule has 3 aromatic rings. The summed E-state index contributed by atoms with van der Waals surface area (Å²) in [5, 5.41) is 22.8. The average Bonchev–Trinajstić information content (AvgIpc) is 2.93. The molecule has 1 saturated heterocycles. The van der Waals surface area contributed by atoms with E-state index in [4.69, 9.17) is 4.74 Å². The van der Waals surface area contributed by atoms with E-state index < -0.39 is 5.56 Å². The standard InChI is InChI=1S/C29H34N4O4/c1-21(19-34)30-17-26(16-27-28(35)29(36)32-20-31-27)25-10-8-23(9-11-25)3-2-22-4-6-24(7-5-22)18-33-12-14-37-15-13-33/h4-11,20-21,26,30,34-35H,12-19H2,1H3,(H,31,32,36)/t21-,26?/m0/s1. The number of aromatic amines is 1. The first-order valence-corrected chi connectivity index (χ1v) is 12.6. The van der Waals surface area contributed by atoms with Crippen molar-refractivity contribution in [2.75, 3.05) is 39.5 Å². The maximum Gasteiger partial charge on any atom is 0.293 e. The quantitative estimate of drug-likeness (QED) is 0.331. The number of nitrogens with zero attached hydrogens (tertiary/aromatic N) is 2. The summed E-state index contributed by atoms with van der Waals surface area (Å²) in [5.74, 6) is 6.05. The molecule has 2 heterocycles. The molecule has 1 aliphatic heterocycles. The summed E-state index contributed by atoms with van der Waals surface area (Å²) >= 11 is 0. The number of H-pyrrole nitrogens is 1. The Hall–Kier alpha value is -3.48. The summed E-state index contributed by atoms with van der Waals surface area (Å²) in [7, 11) is 0. The van der Waals surface area contributed by atoms with Gasteiger partial charge in [0.1, 0.15) is 0 Å². The fourth-order valence-corrected chi connectivity index (χ4v) is 4.22. The summed E-state index contributed by atoms with van der Waals surface area (Å²) in [5.41, 5.74) is 3.94. The molecule has 4 N–H and O–H groups in total. The van der Waals surface area contributed by atoms with Crippen LogP contribution < -0.4 is 10.9 Å². The van der Waals surface area contributed by atoms with Crippen LogP contribution >= 0.6 is 0 Å². The molecule has 2 atom stereocenters. The highest BCUT2D eigenvalue weighted by Gasteiger charge is 2.18. The van der Waals surface area contributed by atoms with Gasteiger partial charge in [0, 0.05) is 55.7 Å². The highest BCUT2D eigenvalue weighted by Crippen LogP contribution is 2.23. The number of aliphatic hydroxyl groups is 1. The van der Waals surface area contributed by atoms with Crippen LogP contribution in [0.2, 0.25) is 0 Å². The van der Waals surface area contributed by atoms with E-state index in [-0.39, 0.29) is 24.3 Å². The molecule has 8 nitrogen and oxygen atoms in total. The van der Waals surface area contributed by atoms with Crippen molar-refractivity contribution in [1.82, 2.24) is 20.2 Å². The molecule has 37 heavy (non-hydrogen) atoms. The monoisotopic (exact) mass is 502 g/mol. The lowest BCUT2D eigenvalue weighted by atomic mass is 9.92. The molecule has 1 aromatic heterocycles. The zero-order chi connectivity index (χ0) is 26.0. The minimum Gasteiger partial charge on any atom is -0.502 e. The number of morpholine rings is 1. The van der Waals surface area contributed by atoms with E-state index in [0.717, 1.165) is 49.5 Å². The largest absolute Gasteiger partial charge is 0.502 e. The van der Waals surface area contributed by atoms with Gasteiger partial charge < -0.3 is 25.3 Å². The Balaban J connectivity index is 1.43. The Morgan fingerprint density at radius 3 is 2.38 bits per heavy atom. The Labute approximate surface area is 217 Å². The molecular weight excluding hydrogens is 468 g/mol. The van der Waals surface area contributed by atoms with Crippen molar-refractivity contribution >= 4 is 0 Å². The third-order valence-electron chi connectivity index (χ3n) is 6.53. The predicted molar refractivity (Wildman–Crippen MR) is 142 cm³/mol. The summed E-state index contributed by atoms with van der Waals surface area (Å²) in [6.07, 6.45) is 1.68. The van der Waals surface area contributed by atoms with Crippen LogP contribution in [0, 0.1) is 11.8 Å². The highest BCUT2D eigenvalue weighted by atomic mass is 16.5. The molecule has 1 aliphatic rings. The number of aromatic nitrogens is 2. The molecule has 194 valence electrons. The number of hydrogen-bond donors (Lipinski definition) is 4. The van der Waals surface area contributed by atoms with Crippen molar-refractivity contribution < 1.29 is 14.9 Å². The van der Waals surface area contributed by atoms with E-state index in [1.54, 1.807) is 0 Å². The first-order valence-electron chi connectivity index (χ1n) is 12.6. The lowest BCUT2D eigenvalue weighted by Crippen LogP contribution is -2.35. The summed E-state index contributed by atoms with van der Waals surface area (Å²) < 4.78 is 5.42. The van der Waals surface area contributed by atoms with Crippen LogP contribution in [0.3, 0.4) is 0 Å². The van der Waals surface area contributed by atoms with E-state index in [1.807, 2.05) is 31.2 Å². The number of hydrogen-bond acceptors (Lipinski definition) is 7. The van der Waals surface area contributed by atoms with Crippen LogP contribution in [0.25, 0.3) is 0 Å².